The lowest BCUT2D eigenvalue weighted by Crippen LogP contribution is -2.07. The molecule has 0 spiro atoms. The van der Waals surface area contributed by atoms with Crippen molar-refractivity contribution in [3.8, 4) is 0 Å². The maximum Gasteiger partial charge on any atom is 0.313 e. The van der Waals surface area contributed by atoms with Crippen molar-refractivity contribution in [1.82, 2.24) is 19.9 Å². The van der Waals surface area contributed by atoms with Crippen LogP contribution in [0.3, 0.4) is 0 Å². The van der Waals surface area contributed by atoms with Gasteiger partial charge < -0.3 is 9.63 Å². The Hall–Kier alpha value is -1.83. The van der Waals surface area contributed by atoms with Crippen LogP contribution in [0, 0.1) is 6.92 Å². The molecule has 8 heteroatoms. The number of carbonyl (C=O) groups is 1. The lowest BCUT2D eigenvalue weighted by atomic mass is 10.3. The van der Waals surface area contributed by atoms with Crippen LogP contribution in [0.1, 0.15) is 36.0 Å². The van der Waals surface area contributed by atoms with Crippen LogP contribution in [0.2, 0.25) is 0 Å². The predicted molar refractivity (Wildman–Crippen MR) is 70.7 cm³/mol. The van der Waals surface area contributed by atoms with Crippen molar-refractivity contribution in [1.29, 1.82) is 0 Å². The Morgan fingerprint density at radius 1 is 1.55 bits per heavy atom. The zero-order chi connectivity index (χ0) is 14.1. The molecule has 3 rings (SSSR count). The van der Waals surface area contributed by atoms with Gasteiger partial charge in [0.15, 0.2) is 10.9 Å². The Bertz CT molecular complexity index is 632. The van der Waals surface area contributed by atoms with Gasteiger partial charge in [0.25, 0.3) is 0 Å². The Morgan fingerprint density at radius 2 is 2.35 bits per heavy atom. The van der Waals surface area contributed by atoms with Crippen LogP contribution in [0.4, 0.5) is 0 Å². The zero-order valence-electron chi connectivity index (χ0n) is 10.9. The molecule has 1 saturated carbocycles. The second kappa shape index (κ2) is 5.28. The van der Waals surface area contributed by atoms with Crippen LogP contribution in [-0.2, 0) is 11.3 Å². The van der Waals surface area contributed by atoms with Crippen LogP contribution in [0.5, 0.6) is 0 Å². The molecule has 0 bridgehead atoms. The molecule has 0 radical (unpaired) electrons. The molecule has 0 amide bonds. The molecule has 1 N–H and O–H groups in total. The van der Waals surface area contributed by atoms with Crippen molar-refractivity contribution in [2.45, 2.75) is 37.4 Å². The van der Waals surface area contributed by atoms with E-state index in [1.54, 1.807) is 0 Å². The summed E-state index contributed by atoms with van der Waals surface area (Å²) in [5, 5.41) is 21.6. The van der Waals surface area contributed by atoms with Gasteiger partial charge in [-0.3, -0.25) is 9.36 Å². The number of thioether (sulfide) groups is 1. The van der Waals surface area contributed by atoms with E-state index >= 15 is 0 Å². The van der Waals surface area contributed by atoms with Gasteiger partial charge in [-0.1, -0.05) is 16.9 Å². The number of carboxylic acid groups (broad SMARTS) is 1. The molecule has 1 aliphatic carbocycles. The molecule has 106 valence electrons. The topological polar surface area (TPSA) is 94.0 Å². The second-order valence-corrected chi connectivity index (χ2v) is 5.76. The van der Waals surface area contributed by atoms with Gasteiger partial charge in [-0.2, -0.15) is 0 Å². The van der Waals surface area contributed by atoms with Gasteiger partial charge >= 0.3 is 5.97 Å². The van der Waals surface area contributed by atoms with Crippen LogP contribution in [0.25, 0.3) is 0 Å². The first-order chi connectivity index (χ1) is 9.63. The standard InChI is InChI=1S/C12H14N4O3S/c1-7-4-9(19-15-7)5-16-11(8-2-3-8)13-14-12(16)20-6-10(17)18/h4,8H,2-3,5-6H2,1H3,(H,17,18). The summed E-state index contributed by atoms with van der Waals surface area (Å²) in [7, 11) is 0. The fourth-order valence-electron chi connectivity index (χ4n) is 1.97. The molecule has 0 aliphatic heterocycles. The van der Waals surface area contributed by atoms with Crippen LogP contribution in [0.15, 0.2) is 15.7 Å². The minimum atomic E-state index is -0.868. The average Bonchev–Trinajstić information content (AvgIpc) is 3.05. The quantitative estimate of drug-likeness (QED) is 0.810. The molecule has 2 heterocycles. The third kappa shape index (κ3) is 2.84. The number of hydrogen-bond acceptors (Lipinski definition) is 6. The Labute approximate surface area is 119 Å². The molecule has 2 aromatic rings. The minimum Gasteiger partial charge on any atom is -0.481 e. The van der Waals surface area contributed by atoms with Gasteiger partial charge in [0.1, 0.15) is 5.82 Å². The number of hydrogen-bond donors (Lipinski definition) is 1. The van der Waals surface area contributed by atoms with E-state index in [1.165, 1.54) is 11.8 Å². The number of nitrogens with zero attached hydrogens (tertiary/aromatic N) is 4. The number of rotatable bonds is 6. The highest BCUT2D eigenvalue weighted by molar-refractivity contribution is 7.99. The lowest BCUT2D eigenvalue weighted by Gasteiger charge is -2.06. The first-order valence-corrected chi connectivity index (χ1v) is 7.32. The van der Waals surface area contributed by atoms with E-state index in [0.29, 0.717) is 17.6 Å². The molecule has 0 atom stereocenters. The molecular weight excluding hydrogens is 280 g/mol. The van der Waals surface area contributed by atoms with Gasteiger partial charge in [0.05, 0.1) is 18.0 Å². The smallest absolute Gasteiger partial charge is 0.313 e. The first kappa shape index (κ1) is 13.2. The van der Waals surface area contributed by atoms with Gasteiger partial charge in [0.2, 0.25) is 0 Å². The molecule has 1 fully saturated rings. The Kier molecular flexibility index (Phi) is 3.47. The molecule has 1 aliphatic rings. The summed E-state index contributed by atoms with van der Waals surface area (Å²) in [6.45, 7) is 2.35. The van der Waals surface area contributed by atoms with Gasteiger partial charge in [0, 0.05) is 12.0 Å². The van der Waals surface area contributed by atoms with E-state index in [9.17, 15) is 4.79 Å². The zero-order valence-corrected chi connectivity index (χ0v) is 11.8. The van der Waals surface area contributed by atoms with E-state index in [1.807, 2.05) is 17.6 Å². The molecule has 7 nitrogen and oxygen atoms in total. The summed E-state index contributed by atoms with van der Waals surface area (Å²) >= 11 is 1.17. The fourth-order valence-corrected chi connectivity index (χ4v) is 2.64. The van der Waals surface area contributed by atoms with Crippen molar-refractivity contribution in [2.24, 2.45) is 0 Å². The molecule has 0 unspecified atom stereocenters. The lowest BCUT2D eigenvalue weighted by molar-refractivity contribution is -0.133. The normalized spacial score (nSPS) is 14.7. The van der Waals surface area contributed by atoms with Crippen LogP contribution in [-0.4, -0.2) is 36.7 Å². The van der Waals surface area contributed by atoms with E-state index in [4.69, 9.17) is 9.63 Å². The molecule has 0 aromatic carbocycles. The summed E-state index contributed by atoms with van der Waals surface area (Å²) in [6, 6.07) is 1.86. The van der Waals surface area contributed by atoms with E-state index in [2.05, 4.69) is 15.4 Å². The average molecular weight is 294 g/mol. The number of aromatic nitrogens is 4. The van der Waals surface area contributed by atoms with Gasteiger partial charge in [-0.05, 0) is 19.8 Å². The van der Waals surface area contributed by atoms with Gasteiger partial charge in [-0.15, -0.1) is 10.2 Å². The van der Waals surface area contributed by atoms with Crippen LogP contribution < -0.4 is 0 Å². The first-order valence-electron chi connectivity index (χ1n) is 6.33. The largest absolute Gasteiger partial charge is 0.481 e. The minimum absolute atomic E-state index is 0.0295. The fraction of sp³-hybridized carbons (Fsp3) is 0.500. The molecule has 0 saturated heterocycles. The number of carboxylic acids is 1. The number of aryl methyl sites for hydroxylation is 1. The molecule has 20 heavy (non-hydrogen) atoms. The summed E-state index contributed by atoms with van der Waals surface area (Å²) < 4.78 is 7.16. The highest BCUT2D eigenvalue weighted by atomic mass is 32.2. The van der Waals surface area contributed by atoms with E-state index < -0.39 is 5.97 Å². The highest BCUT2D eigenvalue weighted by Gasteiger charge is 2.30. The summed E-state index contributed by atoms with van der Waals surface area (Å²) in [5.41, 5.74) is 0.820. The third-order valence-electron chi connectivity index (χ3n) is 3.00. The summed E-state index contributed by atoms with van der Waals surface area (Å²) in [5.74, 6) is 1.17. The molecular formula is C12H14N4O3S. The van der Waals surface area contributed by atoms with Crippen molar-refractivity contribution >= 4 is 17.7 Å². The van der Waals surface area contributed by atoms with E-state index in [-0.39, 0.29) is 5.75 Å². The van der Waals surface area contributed by atoms with Crippen molar-refractivity contribution in [2.75, 3.05) is 5.75 Å². The summed E-state index contributed by atoms with van der Waals surface area (Å²) in [4.78, 5) is 10.7. The van der Waals surface area contributed by atoms with Gasteiger partial charge in [-0.25, -0.2) is 0 Å². The summed E-state index contributed by atoms with van der Waals surface area (Å²) in [6.07, 6.45) is 2.22. The highest BCUT2D eigenvalue weighted by Crippen LogP contribution is 2.40. The monoisotopic (exact) mass is 294 g/mol. The van der Waals surface area contributed by atoms with Crippen molar-refractivity contribution in [3.05, 3.63) is 23.3 Å². The maximum atomic E-state index is 10.7. The van der Waals surface area contributed by atoms with Crippen molar-refractivity contribution < 1.29 is 14.4 Å². The predicted octanol–water partition coefficient (Wildman–Crippen LogP) is 1.68. The van der Waals surface area contributed by atoms with E-state index in [0.717, 1.165) is 30.1 Å². The van der Waals surface area contributed by atoms with Crippen molar-refractivity contribution in [3.63, 3.8) is 0 Å². The van der Waals surface area contributed by atoms with Crippen LogP contribution >= 0.6 is 11.8 Å². The second-order valence-electron chi connectivity index (χ2n) is 4.82. The Morgan fingerprint density at radius 3 is 2.95 bits per heavy atom. The third-order valence-corrected chi connectivity index (χ3v) is 3.95. The molecule has 2 aromatic heterocycles. The number of aliphatic carboxylic acids is 1. The maximum absolute atomic E-state index is 10.7. The SMILES string of the molecule is Cc1cc(Cn2c(SCC(=O)O)nnc2C2CC2)on1. The Balaban J connectivity index is 1.84.